The van der Waals surface area contributed by atoms with Crippen LogP contribution in [0.15, 0.2) is 18.2 Å². The fraction of sp³-hybridized carbons (Fsp3) is 0.444. The highest BCUT2D eigenvalue weighted by atomic mass is 19.3. The maximum atomic E-state index is 13.3. The first kappa shape index (κ1) is 19.7. The number of alkyl halides is 2. The van der Waals surface area contributed by atoms with Crippen molar-refractivity contribution in [1.29, 1.82) is 0 Å². The molecule has 0 aliphatic carbocycles. The van der Waals surface area contributed by atoms with Crippen LogP contribution in [0.1, 0.15) is 57.4 Å². The fourth-order valence-electron chi connectivity index (χ4n) is 3.39. The van der Waals surface area contributed by atoms with Gasteiger partial charge in [-0.15, -0.1) is 5.10 Å². The first-order valence-electron chi connectivity index (χ1n) is 8.74. The number of carbonyl (C=O) groups excluding carboxylic acids is 1. The molecule has 28 heavy (non-hydrogen) atoms. The zero-order chi connectivity index (χ0) is 20.4. The Labute approximate surface area is 159 Å². The van der Waals surface area contributed by atoms with Crippen molar-refractivity contribution in [3.05, 3.63) is 40.7 Å². The van der Waals surface area contributed by atoms with Gasteiger partial charge in [0.15, 0.2) is 5.69 Å². The topological polar surface area (TPSA) is 97.5 Å². The van der Waals surface area contributed by atoms with E-state index in [9.17, 15) is 18.4 Å². The molecular formula is C18H20F2N4O4. The van der Waals surface area contributed by atoms with Gasteiger partial charge in [-0.3, -0.25) is 4.79 Å². The van der Waals surface area contributed by atoms with Crippen molar-refractivity contribution in [3.8, 4) is 5.75 Å². The number of rotatable bonds is 5. The highest BCUT2D eigenvalue weighted by Gasteiger charge is 2.33. The number of ether oxygens (including phenoxy) is 1. The molecule has 1 aromatic carbocycles. The second kappa shape index (κ2) is 7.91. The summed E-state index contributed by atoms with van der Waals surface area (Å²) >= 11 is 0. The van der Waals surface area contributed by atoms with E-state index in [-0.39, 0.29) is 5.91 Å². The summed E-state index contributed by atoms with van der Waals surface area (Å²) in [4.78, 5) is 25.5. The van der Waals surface area contributed by atoms with E-state index >= 15 is 0 Å². The van der Waals surface area contributed by atoms with Crippen molar-refractivity contribution in [1.82, 2.24) is 19.9 Å². The highest BCUT2D eigenvalue weighted by molar-refractivity contribution is 5.97. The molecule has 1 fully saturated rings. The van der Waals surface area contributed by atoms with Crippen LogP contribution in [0.3, 0.4) is 0 Å². The molecule has 10 heteroatoms. The number of amides is 1. The third kappa shape index (κ3) is 3.67. The van der Waals surface area contributed by atoms with Crippen LogP contribution in [-0.2, 0) is 0 Å². The van der Waals surface area contributed by atoms with Gasteiger partial charge in [0.25, 0.3) is 12.3 Å². The number of methoxy groups -OCH3 is 1. The summed E-state index contributed by atoms with van der Waals surface area (Å²) in [5.74, 6) is -1.26. The molecule has 0 bridgehead atoms. The Hall–Kier alpha value is -3.04. The van der Waals surface area contributed by atoms with Crippen LogP contribution in [0.25, 0.3) is 0 Å². The number of halogens is 2. The van der Waals surface area contributed by atoms with Gasteiger partial charge in [-0.1, -0.05) is 11.3 Å². The molecule has 0 radical (unpaired) electrons. The Morgan fingerprint density at radius 1 is 1.29 bits per heavy atom. The second-order valence-corrected chi connectivity index (χ2v) is 6.60. The van der Waals surface area contributed by atoms with Gasteiger partial charge in [0.05, 0.1) is 18.7 Å². The summed E-state index contributed by atoms with van der Waals surface area (Å²) in [7, 11) is 1.49. The number of nitrogens with zero attached hydrogens (tertiary/aromatic N) is 4. The normalized spacial score (nSPS) is 15.1. The number of carbonyl (C=O) groups is 2. The molecule has 0 spiro atoms. The monoisotopic (exact) mass is 394 g/mol. The second-order valence-electron chi connectivity index (χ2n) is 6.60. The Morgan fingerprint density at radius 3 is 2.54 bits per heavy atom. The Bertz CT molecular complexity index is 892. The van der Waals surface area contributed by atoms with Crippen molar-refractivity contribution in [3.63, 3.8) is 0 Å². The molecule has 1 saturated heterocycles. The van der Waals surface area contributed by atoms with E-state index in [1.807, 2.05) is 13.0 Å². The van der Waals surface area contributed by atoms with Gasteiger partial charge >= 0.3 is 5.97 Å². The van der Waals surface area contributed by atoms with E-state index in [4.69, 9.17) is 9.84 Å². The van der Waals surface area contributed by atoms with Crippen LogP contribution in [0.2, 0.25) is 0 Å². The zero-order valence-corrected chi connectivity index (χ0v) is 15.4. The van der Waals surface area contributed by atoms with Crippen molar-refractivity contribution in [2.45, 2.75) is 32.2 Å². The van der Waals surface area contributed by atoms with Crippen molar-refractivity contribution in [2.24, 2.45) is 0 Å². The van der Waals surface area contributed by atoms with E-state index < -0.39 is 29.8 Å². The van der Waals surface area contributed by atoms with Crippen molar-refractivity contribution >= 4 is 11.9 Å². The third-order valence-electron chi connectivity index (χ3n) is 4.82. The van der Waals surface area contributed by atoms with Gasteiger partial charge in [0.2, 0.25) is 0 Å². The molecule has 150 valence electrons. The van der Waals surface area contributed by atoms with Crippen LogP contribution in [0.5, 0.6) is 5.75 Å². The molecule has 2 aromatic rings. The standard InChI is InChI=1S/C18H20F2N4O4/c1-10-3-4-12(13(9-10)28-2)17(25)23-7-5-11(6-8-23)24-15(16(19)20)14(18(26)27)21-22-24/h3-4,9,11,16H,5-8H2,1-2H3,(H,26,27). The van der Waals surface area contributed by atoms with E-state index in [0.717, 1.165) is 10.2 Å². The Kier molecular flexibility index (Phi) is 5.57. The van der Waals surface area contributed by atoms with E-state index in [0.29, 0.717) is 37.2 Å². The molecule has 1 aliphatic rings. The predicted molar refractivity (Wildman–Crippen MR) is 93.8 cm³/mol. The SMILES string of the molecule is COc1cc(C)ccc1C(=O)N1CCC(n2nnc(C(=O)O)c2C(F)F)CC1. The van der Waals surface area contributed by atoms with Crippen LogP contribution in [-0.4, -0.2) is 57.1 Å². The molecule has 1 N–H and O–H groups in total. The van der Waals surface area contributed by atoms with Crippen molar-refractivity contribution < 1.29 is 28.2 Å². The summed E-state index contributed by atoms with van der Waals surface area (Å²) in [6.45, 7) is 2.54. The minimum Gasteiger partial charge on any atom is -0.496 e. The maximum Gasteiger partial charge on any atom is 0.358 e. The Balaban J connectivity index is 1.75. The summed E-state index contributed by atoms with van der Waals surface area (Å²) < 4.78 is 32.9. The van der Waals surface area contributed by atoms with E-state index in [1.165, 1.54) is 7.11 Å². The number of carboxylic acids is 1. The average Bonchev–Trinajstić information content (AvgIpc) is 3.13. The number of piperidine rings is 1. The lowest BCUT2D eigenvalue weighted by atomic mass is 10.0. The molecule has 8 nitrogen and oxygen atoms in total. The quantitative estimate of drug-likeness (QED) is 0.837. The van der Waals surface area contributed by atoms with Crippen LogP contribution >= 0.6 is 0 Å². The summed E-state index contributed by atoms with van der Waals surface area (Å²) in [6, 6.07) is 4.85. The van der Waals surface area contributed by atoms with Gasteiger partial charge in [0.1, 0.15) is 11.4 Å². The number of hydrogen-bond donors (Lipinski definition) is 1. The zero-order valence-electron chi connectivity index (χ0n) is 15.4. The fourth-order valence-corrected chi connectivity index (χ4v) is 3.39. The molecule has 0 unspecified atom stereocenters. The van der Waals surface area contributed by atoms with E-state index in [2.05, 4.69) is 10.3 Å². The van der Waals surface area contributed by atoms with Gasteiger partial charge < -0.3 is 14.7 Å². The highest BCUT2D eigenvalue weighted by Crippen LogP contribution is 2.30. The molecule has 3 rings (SSSR count). The Morgan fingerprint density at radius 2 is 1.96 bits per heavy atom. The van der Waals surface area contributed by atoms with E-state index in [1.54, 1.807) is 17.0 Å². The molecule has 1 aliphatic heterocycles. The number of aryl methyl sites for hydroxylation is 1. The van der Waals surface area contributed by atoms with Crippen LogP contribution < -0.4 is 4.74 Å². The van der Waals surface area contributed by atoms with Gasteiger partial charge in [-0.2, -0.15) is 0 Å². The van der Waals surface area contributed by atoms with Crippen LogP contribution in [0, 0.1) is 6.92 Å². The predicted octanol–water partition coefficient (Wildman–Crippen LogP) is 2.71. The molecular weight excluding hydrogens is 374 g/mol. The first-order chi connectivity index (χ1) is 13.3. The van der Waals surface area contributed by atoms with Gasteiger partial charge in [-0.05, 0) is 37.5 Å². The van der Waals surface area contributed by atoms with Crippen molar-refractivity contribution in [2.75, 3.05) is 20.2 Å². The van der Waals surface area contributed by atoms with Gasteiger partial charge in [-0.25, -0.2) is 18.3 Å². The number of hydrogen-bond acceptors (Lipinski definition) is 5. The summed E-state index contributed by atoms with van der Waals surface area (Å²) in [6.07, 6.45) is -2.28. The molecule has 2 heterocycles. The molecule has 0 saturated carbocycles. The lowest BCUT2D eigenvalue weighted by molar-refractivity contribution is 0.0666. The van der Waals surface area contributed by atoms with Crippen LogP contribution in [0.4, 0.5) is 8.78 Å². The largest absolute Gasteiger partial charge is 0.496 e. The van der Waals surface area contributed by atoms with Gasteiger partial charge in [0, 0.05) is 13.1 Å². The summed E-state index contributed by atoms with van der Waals surface area (Å²) in [5, 5.41) is 16.0. The smallest absolute Gasteiger partial charge is 0.358 e. The number of benzene rings is 1. The minimum atomic E-state index is -3.00. The molecule has 0 atom stereocenters. The minimum absolute atomic E-state index is 0.200. The lowest BCUT2D eigenvalue weighted by Gasteiger charge is -2.32. The lowest BCUT2D eigenvalue weighted by Crippen LogP contribution is -2.39. The maximum absolute atomic E-state index is 13.3. The molecule has 1 aromatic heterocycles. The summed E-state index contributed by atoms with van der Waals surface area (Å²) in [5.41, 5.74) is -0.0313. The third-order valence-corrected chi connectivity index (χ3v) is 4.82. The first-order valence-corrected chi connectivity index (χ1v) is 8.74. The molecule has 1 amide bonds. The average molecular weight is 394 g/mol. The number of likely N-dealkylation sites (tertiary alicyclic amines) is 1. The number of carboxylic acid groups (broad SMARTS) is 1. The number of aromatic nitrogens is 3. The number of aromatic carboxylic acids is 1.